The van der Waals surface area contributed by atoms with E-state index in [-0.39, 0.29) is 12.4 Å². The molecule has 0 bridgehead atoms. The molecule has 2 nitrogen and oxygen atoms in total. The standard InChI is InChI=1S/C14H19ClFNO/c15-12-4-3-11(13(16)5-12)7-14(8-17,9-18)6-10-1-2-10/h3-5,10,18H,1-2,6-9,17H2. The first kappa shape index (κ1) is 13.8. The summed E-state index contributed by atoms with van der Waals surface area (Å²) in [6.45, 7) is 0.379. The van der Waals surface area contributed by atoms with Crippen molar-refractivity contribution in [2.24, 2.45) is 17.1 Å². The largest absolute Gasteiger partial charge is 0.396 e. The molecule has 1 unspecified atom stereocenters. The summed E-state index contributed by atoms with van der Waals surface area (Å²) in [6, 6.07) is 4.67. The quantitative estimate of drug-likeness (QED) is 0.836. The Bertz CT molecular complexity index is 416. The number of nitrogens with two attached hydrogens (primary N) is 1. The van der Waals surface area contributed by atoms with E-state index in [4.69, 9.17) is 17.3 Å². The van der Waals surface area contributed by atoms with Crippen molar-refractivity contribution in [2.75, 3.05) is 13.2 Å². The lowest BCUT2D eigenvalue weighted by Crippen LogP contribution is -2.37. The van der Waals surface area contributed by atoms with Gasteiger partial charge in [-0.25, -0.2) is 4.39 Å². The second-order valence-electron chi connectivity index (χ2n) is 5.42. The Morgan fingerprint density at radius 3 is 2.67 bits per heavy atom. The number of benzene rings is 1. The average Bonchev–Trinajstić information content (AvgIpc) is 3.15. The monoisotopic (exact) mass is 271 g/mol. The summed E-state index contributed by atoms with van der Waals surface area (Å²) >= 11 is 5.74. The van der Waals surface area contributed by atoms with E-state index in [2.05, 4.69) is 0 Å². The highest BCUT2D eigenvalue weighted by Crippen LogP contribution is 2.41. The topological polar surface area (TPSA) is 46.2 Å². The molecule has 1 saturated carbocycles. The molecule has 1 aromatic carbocycles. The van der Waals surface area contributed by atoms with Crippen LogP contribution in [0.15, 0.2) is 18.2 Å². The second kappa shape index (κ2) is 5.55. The van der Waals surface area contributed by atoms with E-state index in [0.29, 0.717) is 29.5 Å². The second-order valence-corrected chi connectivity index (χ2v) is 5.86. The van der Waals surface area contributed by atoms with E-state index >= 15 is 0 Å². The molecule has 0 heterocycles. The molecule has 0 radical (unpaired) electrons. The van der Waals surface area contributed by atoms with E-state index < -0.39 is 5.41 Å². The van der Waals surface area contributed by atoms with Crippen LogP contribution in [-0.4, -0.2) is 18.3 Å². The van der Waals surface area contributed by atoms with E-state index in [9.17, 15) is 9.50 Å². The smallest absolute Gasteiger partial charge is 0.127 e. The third-order valence-corrected chi connectivity index (χ3v) is 4.00. The maximum Gasteiger partial charge on any atom is 0.127 e. The van der Waals surface area contributed by atoms with Crippen molar-refractivity contribution in [3.63, 3.8) is 0 Å². The Hall–Kier alpha value is -0.640. The molecule has 0 spiro atoms. The minimum Gasteiger partial charge on any atom is -0.396 e. The molecule has 1 atom stereocenters. The highest BCUT2D eigenvalue weighted by atomic mass is 35.5. The highest BCUT2D eigenvalue weighted by Gasteiger charge is 2.36. The molecule has 0 saturated heterocycles. The first-order valence-corrected chi connectivity index (χ1v) is 6.71. The lowest BCUT2D eigenvalue weighted by Gasteiger charge is -2.31. The fourth-order valence-corrected chi connectivity index (χ4v) is 2.57. The molecule has 0 aromatic heterocycles. The molecule has 2 rings (SSSR count). The van der Waals surface area contributed by atoms with Crippen molar-refractivity contribution in [1.82, 2.24) is 0 Å². The normalized spacial score (nSPS) is 18.7. The molecular weight excluding hydrogens is 253 g/mol. The SMILES string of the molecule is NCC(CO)(Cc1ccc(Cl)cc1F)CC1CC1. The fraction of sp³-hybridized carbons (Fsp3) is 0.571. The molecule has 1 aliphatic rings. The number of hydrogen-bond donors (Lipinski definition) is 2. The van der Waals surface area contributed by atoms with Crippen LogP contribution in [-0.2, 0) is 6.42 Å². The molecule has 0 amide bonds. The maximum absolute atomic E-state index is 13.8. The van der Waals surface area contributed by atoms with Crippen molar-refractivity contribution in [1.29, 1.82) is 0 Å². The van der Waals surface area contributed by atoms with Crippen LogP contribution in [0.1, 0.15) is 24.8 Å². The van der Waals surface area contributed by atoms with Crippen LogP contribution in [0.5, 0.6) is 0 Å². The number of hydrogen-bond acceptors (Lipinski definition) is 2. The predicted molar refractivity (Wildman–Crippen MR) is 71.0 cm³/mol. The summed E-state index contributed by atoms with van der Waals surface area (Å²) in [5.41, 5.74) is 6.00. The van der Waals surface area contributed by atoms with Gasteiger partial charge in [0.1, 0.15) is 5.82 Å². The van der Waals surface area contributed by atoms with Crippen LogP contribution < -0.4 is 5.73 Å². The summed E-state index contributed by atoms with van der Waals surface area (Å²) in [5.74, 6) is 0.334. The van der Waals surface area contributed by atoms with Crippen LogP contribution in [0.25, 0.3) is 0 Å². The van der Waals surface area contributed by atoms with Gasteiger partial charge in [-0.1, -0.05) is 30.5 Å². The first-order chi connectivity index (χ1) is 8.58. The maximum atomic E-state index is 13.8. The van der Waals surface area contributed by atoms with Crippen molar-refractivity contribution in [2.45, 2.75) is 25.7 Å². The lowest BCUT2D eigenvalue weighted by molar-refractivity contribution is 0.115. The summed E-state index contributed by atoms with van der Waals surface area (Å²) in [4.78, 5) is 0. The Morgan fingerprint density at radius 2 is 2.17 bits per heavy atom. The third-order valence-electron chi connectivity index (χ3n) is 3.77. The van der Waals surface area contributed by atoms with Gasteiger partial charge in [0, 0.05) is 17.0 Å². The Morgan fingerprint density at radius 1 is 1.44 bits per heavy atom. The first-order valence-electron chi connectivity index (χ1n) is 6.33. The molecule has 1 aromatic rings. The zero-order chi connectivity index (χ0) is 13.2. The van der Waals surface area contributed by atoms with Gasteiger partial charge in [0.25, 0.3) is 0 Å². The van der Waals surface area contributed by atoms with Gasteiger partial charge in [-0.3, -0.25) is 0 Å². The van der Waals surface area contributed by atoms with Crippen LogP contribution in [0.4, 0.5) is 4.39 Å². The van der Waals surface area contributed by atoms with Crippen LogP contribution in [0.3, 0.4) is 0 Å². The van der Waals surface area contributed by atoms with E-state index in [1.165, 1.54) is 18.9 Å². The van der Waals surface area contributed by atoms with Crippen LogP contribution >= 0.6 is 11.6 Å². The summed E-state index contributed by atoms with van der Waals surface area (Å²) < 4.78 is 13.8. The van der Waals surface area contributed by atoms with Gasteiger partial charge in [-0.15, -0.1) is 0 Å². The van der Waals surface area contributed by atoms with Gasteiger partial charge in [0.15, 0.2) is 0 Å². The average molecular weight is 272 g/mol. The van der Waals surface area contributed by atoms with E-state index in [1.807, 2.05) is 0 Å². The van der Waals surface area contributed by atoms with Gasteiger partial charge in [-0.2, -0.15) is 0 Å². The Balaban J connectivity index is 2.16. The van der Waals surface area contributed by atoms with E-state index in [0.717, 1.165) is 6.42 Å². The Kier molecular flexibility index (Phi) is 4.25. The molecular formula is C14H19ClFNO. The number of aliphatic hydroxyl groups excluding tert-OH is 1. The number of rotatable bonds is 6. The highest BCUT2D eigenvalue weighted by molar-refractivity contribution is 6.30. The zero-order valence-electron chi connectivity index (χ0n) is 10.3. The molecule has 4 heteroatoms. The molecule has 1 aliphatic carbocycles. The van der Waals surface area contributed by atoms with Gasteiger partial charge in [0.2, 0.25) is 0 Å². The predicted octanol–water partition coefficient (Wildman–Crippen LogP) is 2.76. The van der Waals surface area contributed by atoms with Crippen LogP contribution in [0.2, 0.25) is 5.02 Å². The van der Waals surface area contributed by atoms with Crippen LogP contribution in [0, 0.1) is 17.2 Å². The third kappa shape index (κ3) is 3.22. The van der Waals surface area contributed by atoms with Crippen molar-refractivity contribution >= 4 is 11.6 Å². The molecule has 100 valence electrons. The lowest BCUT2D eigenvalue weighted by atomic mass is 9.77. The van der Waals surface area contributed by atoms with Gasteiger partial charge >= 0.3 is 0 Å². The van der Waals surface area contributed by atoms with Gasteiger partial charge < -0.3 is 10.8 Å². The van der Waals surface area contributed by atoms with E-state index in [1.54, 1.807) is 12.1 Å². The molecule has 18 heavy (non-hydrogen) atoms. The minimum absolute atomic E-state index is 0.00205. The summed E-state index contributed by atoms with van der Waals surface area (Å²) in [7, 11) is 0. The van der Waals surface area contributed by atoms with Crippen molar-refractivity contribution in [3.8, 4) is 0 Å². The molecule has 1 fully saturated rings. The number of halogens is 2. The fourth-order valence-electron chi connectivity index (χ4n) is 2.42. The Labute approximate surface area is 112 Å². The summed E-state index contributed by atoms with van der Waals surface area (Å²) in [6.07, 6.45) is 3.75. The number of aliphatic hydroxyl groups is 1. The van der Waals surface area contributed by atoms with Gasteiger partial charge in [0.05, 0.1) is 6.61 Å². The summed E-state index contributed by atoms with van der Waals surface area (Å²) in [5, 5.41) is 10.0. The van der Waals surface area contributed by atoms with Gasteiger partial charge in [-0.05, 0) is 36.5 Å². The molecule has 0 aliphatic heterocycles. The van der Waals surface area contributed by atoms with Crippen molar-refractivity contribution < 1.29 is 9.50 Å². The minimum atomic E-state index is -0.393. The van der Waals surface area contributed by atoms with Crippen molar-refractivity contribution in [3.05, 3.63) is 34.6 Å². The molecule has 3 N–H and O–H groups in total. The zero-order valence-corrected chi connectivity index (χ0v) is 11.1.